The fourth-order valence-corrected chi connectivity index (χ4v) is 4.17. The number of aromatic carboxylic acids is 1. The van der Waals surface area contributed by atoms with E-state index < -0.39 is 5.97 Å². The Morgan fingerprint density at radius 1 is 1.21 bits per heavy atom. The molecule has 1 heterocycles. The Kier molecular flexibility index (Phi) is 3.61. The highest BCUT2D eigenvalue weighted by atomic mass is 35.5. The van der Waals surface area contributed by atoms with Crippen LogP contribution in [0, 0.1) is 12.8 Å². The lowest BCUT2D eigenvalue weighted by molar-refractivity contribution is 0.0695. The third-order valence-corrected chi connectivity index (χ3v) is 5.44. The molecule has 2 N–H and O–H groups in total. The first-order valence-electron chi connectivity index (χ1n) is 8.11. The Bertz CT molecular complexity index is 841. The van der Waals surface area contributed by atoms with Crippen molar-refractivity contribution in [2.75, 3.05) is 5.32 Å². The summed E-state index contributed by atoms with van der Waals surface area (Å²) in [7, 11) is 0. The molecule has 2 aromatic carbocycles. The summed E-state index contributed by atoms with van der Waals surface area (Å²) in [5.41, 5.74) is 4.55. The molecule has 0 bridgehead atoms. The first-order valence-corrected chi connectivity index (χ1v) is 8.49. The van der Waals surface area contributed by atoms with Crippen LogP contribution < -0.4 is 5.32 Å². The van der Waals surface area contributed by atoms with Crippen LogP contribution in [0.1, 0.15) is 45.4 Å². The predicted octanol–water partition coefficient (Wildman–Crippen LogP) is 5.17. The van der Waals surface area contributed by atoms with E-state index in [4.69, 9.17) is 11.6 Å². The fourth-order valence-electron chi connectivity index (χ4n) is 4.04. The maximum absolute atomic E-state index is 11.7. The molecule has 0 saturated carbocycles. The zero-order valence-corrected chi connectivity index (χ0v) is 14.0. The minimum Gasteiger partial charge on any atom is -0.478 e. The summed E-state index contributed by atoms with van der Waals surface area (Å²) in [5.74, 6) is -0.413. The van der Waals surface area contributed by atoms with Gasteiger partial charge >= 0.3 is 5.97 Å². The molecule has 1 aliphatic carbocycles. The fraction of sp³-hybridized carbons (Fsp3) is 0.250. The first kappa shape index (κ1) is 15.3. The SMILES string of the molecule is Cc1ccc(C(=O)O)c2c1N[C@H](c1ccc(Cl)cc1)[C@H]1CC=C[C@@H]21. The summed E-state index contributed by atoms with van der Waals surface area (Å²) >= 11 is 6.03. The highest BCUT2D eigenvalue weighted by Gasteiger charge is 2.40. The zero-order valence-electron chi connectivity index (χ0n) is 13.3. The van der Waals surface area contributed by atoms with Gasteiger partial charge in [0, 0.05) is 16.6 Å². The van der Waals surface area contributed by atoms with Gasteiger partial charge in [0.05, 0.1) is 11.6 Å². The van der Waals surface area contributed by atoms with Crippen molar-refractivity contribution in [3.8, 4) is 0 Å². The number of halogens is 1. The number of nitrogens with one attached hydrogen (secondary N) is 1. The molecule has 2 aromatic rings. The smallest absolute Gasteiger partial charge is 0.336 e. The Labute approximate surface area is 146 Å². The molecule has 0 fully saturated rings. The number of carboxylic acids is 1. The number of aryl methyl sites for hydroxylation is 1. The van der Waals surface area contributed by atoms with Gasteiger partial charge in [0.25, 0.3) is 0 Å². The van der Waals surface area contributed by atoms with Crippen LogP contribution in [0.15, 0.2) is 48.6 Å². The maximum atomic E-state index is 11.7. The minimum absolute atomic E-state index is 0.132. The number of carbonyl (C=O) groups is 1. The van der Waals surface area contributed by atoms with E-state index in [1.165, 1.54) is 5.56 Å². The Morgan fingerprint density at radius 3 is 2.67 bits per heavy atom. The molecular formula is C20H18ClNO2. The van der Waals surface area contributed by atoms with E-state index in [1.807, 2.05) is 25.1 Å². The third-order valence-electron chi connectivity index (χ3n) is 5.19. The number of hydrogen-bond acceptors (Lipinski definition) is 2. The van der Waals surface area contributed by atoms with Crippen LogP contribution in [0.25, 0.3) is 0 Å². The summed E-state index contributed by atoms with van der Waals surface area (Å²) in [6.07, 6.45) is 5.28. The van der Waals surface area contributed by atoms with Gasteiger partial charge in [-0.25, -0.2) is 4.79 Å². The summed E-state index contributed by atoms with van der Waals surface area (Å²) in [6, 6.07) is 11.7. The largest absolute Gasteiger partial charge is 0.478 e. The quantitative estimate of drug-likeness (QED) is 0.742. The molecule has 0 amide bonds. The van der Waals surface area contributed by atoms with Gasteiger partial charge in [-0.3, -0.25) is 0 Å². The van der Waals surface area contributed by atoms with E-state index in [2.05, 4.69) is 29.6 Å². The first-order chi connectivity index (χ1) is 11.6. The van der Waals surface area contributed by atoms with Gasteiger partial charge in [-0.1, -0.05) is 42.0 Å². The summed E-state index contributed by atoms with van der Waals surface area (Å²) in [5, 5.41) is 13.9. The predicted molar refractivity (Wildman–Crippen MR) is 95.9 cm³/mol. The van der Waals surface area contributed by atoms with Crippen LogP contribution >= 0.6 is 11.6 Å². The van der Waals surface area contributed by atoms with Gasteiger partial charge < -0.3 is 10.4 Å². The molecule has 0 aromatic heterocycles. The second-order valence-corrected chi connectivity index (χ2v) is 6.99. The number of carboxylic acid groups (broad SMARTS) is 1. The molecule has 3 atom stereocenters. The molecule has 122 valence electrons. The highest BCUT2D eigenvalue weighted by Crippen LogP contribution is 2.51. The minimum atomic E-state index is -0.864. The molecule has 1 aliphatic heterocycles. The zero-order chi connectivity index (χ0) is 16.8. The highest BCUT2D eigenvalue weighted by molar-refractivity contribution is 6.30. The van der Waals surface area contributed by atoms with E-state index in [1.54, 1.807) is 6.07 Å². The maximum Gasteiger partial charge on any atom is 0.336 e. The molecule has 0 saturated heterocycles. The Morgan fingerprint density at radius 2 is 1.96 bits per heavy atom. The van der Waals surface area contributed by atoms with Crippen molar-refractivity contribution in [1.82, 2.24) is 0 Å². The average molecular weight is 340 g/mol. The van der Waals surface area contributed by atoms with E-state index in [0.717, 1.165) is 28.3 Å². The number of rotatable bonds is 2. The topological polar surface area (TPSA) is 49.3 Å². The summed E-state index contributed by atoms with van der Waals surface area (Å²) in [4.78, 5) is 11.7. The molecule has 0 radical (unpaired) electrons. The summed E-state index contributed by atoms with van der Waals surface area (Å²) in [6.45, 7) is 2.02. The van der Waals surface area contributed by atoms with Gasteiger partial charge in [-0.05, 0) is 54.2 Å². The normalized spacial score (nSPS) is 24.2. The molecule has 3 nitrogen and oxygen atoms in total. The molecule has 4 rings (SSSR count). The molecule has 2 aliphatic rings. The van der Waals surface area contributed by atoms with Crippen molar-refractivity contribution in [1.29, 1.82) is 0 Å². The van der Waals surface area contributed by atoms with Gasteiger partial charge in [0.2, 0.25) is 0 Å². The molecular weight excluding hydrogens is 322 g/mol. The summed E-state index contributed by atoms with van der Waals surface area (Å²) < 4.78 is 0. The average Bonchev–Trinajstić information content (AvgIpc) is 3.05. The number of fused-ring (bicyclic) bond motifs is 3. The number of allylic oxidation sites excluding steroid dienone is 2. The molecule has 4 heteroatoms. The van der Waals surface area contributed by atoms with Crippen molar-refractivity contribution in [2.45, 2.75) is 25.3 Å². The van der Waals surface area contributed by atoms with Crippen LogP contribution in [0.2, 0.25) is 5.02 Å². The van der Waals surface area contributed by atoms with E-state index >= 15 is 0 Å². The Hall–Kier alpha value is -2.26. The third kappa shape index (κ3) is 2.31. The lowest BCUT2D eigenvalue weighted by Gasteiger charge is -2.39. The molecule has 0 unspecified atom stereocenters. The monoisotopic (exact) mass is 339 g/mol. The van der Waals surface area contributed by atoms with Crippen molar-refractivity contribution in [3.63, 3.8) is 0 Å². The van der Waals surface area contributed by atoms with Gasteiger partial charge in [0.1, 0.15) is 0 Å². The van der Waals surface area contributed by atoms with E-state index in [9.17, 15) is 9.90 Å². The van der Waals surface area contributed by atoms with Crippen molar-refractivity contribution in [2.24, 2.45) is 5.92 Å². The van der Waals surface area contributed by atoms with Crippen LogP contribution in [-0.4, -0.2) is 11.1 Å². The lowest BCUT2D eigenvalue weighted by Crippen LogP contribution is -2.31. The van der Waals surface area contributed by atoms with Crippen LogP contribution in [-0.2, 0) is 0 Å². The van der Waals surface area contributed by atoms with E-state index in [-0.39, 0.29) is 12.0 Å². The van der Waals surface area contributed by atoms with Crippen molar-refractivity contribution < 1.29 is 9.90 Å². The molecule has 24 heavy (non-hydrogen) atoms. The van der Waals surface area contributed by atoms with Gasteiger partial charge in [-0.2, -0.15) is 0 Å². The number of hydrogen-bond donors (Lipinski definition) is 2. The van der Waals surface area contributed by atoms with Crippen molar-refractivity contribution >= 4 is 23.3 Å². The second-order valence-electron chi connectivity index (χ2n) is 6.55. The lowest BCUT2D eigenvalue weighted by atomic mass is 9.75. The Balaban J connectivity index is 1.86. The van der Waals surface area contributed by atoms with E-state index in [0.29, 0.717) is 11.5 Å². The van der Waals surface area contributed by atoms with Gasteiger partial charge in [-0.15, -0.1) is 0 Å². The van der Waals surface area contributed by atoms with Crippen LogP contribution in [0.5, 0.6) is 0 Å². The number of anilines is 1. The standard InChI is InChI=1S/C20H18ClNO2/c1-11-5-10-16(20(23)24)17-14-3-2-4-15(14)19(22-18(11)17)12-6-8-13(21)9-7-12/h2-3,5-10,14-15,19,22H,4H2,1H3,(H,23,24)/t14-,15+,19-/m1/s1. The van der Waals surface area contributed by atoms with Gasteiger partial charge in [0.15, 0.2) is 0 Å². The van der Waals surface area contributed by atoms with Crippen LogP contribution in [0.4, 0.5) is 5.69 Å². The van der Waals surface area contributed by atoms with Crippen molar-refractivity contribution in [3.05, 3.63) is 75.8 Å². The second kappa shape index (κ2) is 5.67. The molecule has 0 spiro atoms. The van der Waals surface area contributed by atoms with Crippen LogP contribution in [0.3, 0.4) is 0 Å². The number of benzene rings is 2.